The maximum Gasteiger partial charge on any atom is 0.216 e. The lowest BCUT2D eigenvalue weighted by molar-refractivity contribution is 0.338. The zero-order valence-electron chi connectivity index (χ0n) is 10.8. The number of nitrogens with zero attached hydrogens (tertiary/aromatic N) is 3. The number of benzene rings is 1. The first-order valence-corrected chi connectivity index (χ1v) is 6.45. The number of piperidine rings is 1. The van der Waals surface area contributed by atoms with Gasteiger partial charge in [0.15, 0.2) is 0 Å². The van der Waals surface area contributed by atoms with Crippen molar-refractivity contribution < 1.29 is 0 Å². The number of likely N-dealkylation sites (tertiary alicyclic amines) is 1. The molecule has 0 spiro atoms. The highest BCUT2D eigenvalue weighted by atomic mass is 15.3. The van der Waals surface area contributed by atoms with Crippen molar-refractivity contribution >= 4 is 11.7 Å². The summed E-state index contributed by atoms with van der Waals surface area (Å²) in [7, 11) is 0. The smallest absolute Gasteiger partial charge is 0.216 e. The summed E-state index contributed by atoms with van der Waals surface area (Å²) in [5.74, 6) is 0.532. The molecule has 1 aliphatic rings. The van der Waals surface area contributed by atoms with E-state index in [4.69, 9.17) is 5.73 Å². The van der Waals surface area contributed by atoms with Crippen LogP contribution >= 0.6 is 0 Å². The monoisotopic (exact) mass is 244 g/mol. The van der Waals surface area contributed by atoms with Gasteiger partial charge in [-0.1, -0.05) is 30.3 Å². The van der Waals surface area contributed by atoms with E-state index < -0.39 is 0 Å². The third kappa shape index (κ3) is 3.32. The van der Waals surface area contributed by atoms with Gasteiger partial charge in [0.2, 0.25) is 5.96 Å². The minimum atomic E-state index is 0.532. The van der Waals surface area contributed by atoms with Gasteiger partial charge in [-0.2, -0.15) is 5.10 Å². The van der Waals surface area contributed by atoms with Gasteiger partial charge >= 0.3 is 0 Å². The van der Waals surface area contributed by atoms with Crippen LogP contribution < -0.4 is 5.73 Å². The number of rotatable bonds is 2. The molecule has 0 aliphatic carbocycles. The Balaban J connectivity index is 2.04. The number of hydrogen-bond donors (Lipinski definition) is 1. The van der Waals surface area contributed by atoms with Gasteiger partial charge in [-0.05, 0) is 31.7 Å². The molecule has 1 aliphatic heterocycles. The van der Waals surface area contributed by atoms with Crippen molar-refractivity contribution in [2.24, 2.45) is 15.9 Å². The summed E-state index contributed by atoms with van der Waals surface area (Å²) in [6, 6.07) is 10.0. The summed E-state index contributed by atoms with van der Waals surface area (Å²) >= 11 is 0. The quantitative estimate of drug-likeness (QED) is 0.492. The molecule has 0 amide bonds. The molecule has 4 nitrogen and oxygen atoms in total. The molecule has 1 fully saturated rings. The Labute approximate surface area is 108 Å². The minimum Gasteiger partial charge on any atom is -0.368 e. The predicted molar refractivity (Wildman–Crippen MR) is 75.7 cm³/mol. The highest BCUT2D eigenvalue weighted by molar-refractivity contribution is 5.98. The molecular weight excluding hydrogens is 224 g/mol. The molecular formula is C14H20N4. The fraction of sp³-hybridized carbons (Fsp3) is 0.429. The Kier molecular flexibility index (Phi) is 4.34. The Morgan fingerprint density at radius 1 is 1.06 bits per heavy atom. The average Bonchev–Trinajstić information content (AvgIpc) is 2.46. The van der Waals surface area contributed by atoms with Crippen LogP contribution in [0.5, 0.6) is 0 Å². The van der Waals surface area contributed by atoms with Crippen LogP contribution in [0.15, 0.2) is 40.5 Å². The molecule has 0 radical (unpaired) electrons. The molecule has 1 heterocycles. The van der Waals surface area contributed by atoms with Crippen molar-refractivity contribution in [3.05, 3.63) is 35.9 Å². The SMILES string of the molecule is C/C(=N\N=C(/N)N1CCCCC1)c1ccccc1. The predicted octanol–water partition coefficient (Wildman–Crippen LogP) is 2.21. The first-order chi connectivity index (χ1) is 8.77. The normalized spacial score (nSPS) is 17.9. The van der Waals surface area contributed by atoms with Crippen molar-refractivity contribution in [1.29, 1.82) is 0 Å². The molecule has 2 N–H and O–H groups in total. The molecule has 18 heavy (non-hydrogen) atoms. The second-order valence-corrected chi connectivity index (χ2v) is 4.56. The summed E-state index contributed by atoms with van der Waals surface area (Å²) < 4.78 is 0. The summed E-state index contributed by atoms with van der Waals surface area (Å²) in [4.78, 5) is 2.10. The van der Waals surface area contributed by atoms with E-state index in [0.29, 0.717) is 5.96 Å². The fourth-order valence-electron chi connectivity index (χ4n) is 2.05. The van der Waals surface area contributed by atoms with Gasteiger partial charge in [0.25, 0.3) is 0 Å². The van der Waals surface area contributed by atoms with Crippen LogP contribution in [0.2, 0.25) is 0 Å². The first-order valence-electron chi connectivity index (χ1n) is 6.45. The molecule has 0 bridgehead atoms. The summed E-state index contributed by atoms with van der Waals surface area (Å²) in [5.41, 5.74) is 7.90. The van der Waals surface area contributed by atoms with E-state index in [1.807, 2.05) is 37.3 Å². The number of hydrogen-bond acceptors (Lipinski definition) is 2. The van der Waals surface area contributed by atoms with Gasteiger partial charge in [-0.3, -0.25) is 0 Å². The Hall–Kier alpha value is -1.84. The van der Waals surface area contributed by atoms with Crippen molar-refractivity contribution in [3.63, 3.8) is 0 Å². The van der Waals surface area contributed by atoms with Gasteiger partial charge < -0.3 is 10.6 Å². The average molecular weight is 244 g/mol. The van der Waals surface area contributed by atoms with E-state index >= 15 is 0 Å². The standard InChI is InChI=1S/C14H20N4/c1-12(13-8-4-2-5-9-13)16-17-14(15)18-10-6-3-7-11-18/h2,4-5,8-9H,3,6-7,10-11H2,1H3,(H2,15,17)/b16-12+. The van der Waals surface area contributed by atoms with Crippen LogP contribution in [-0.2, 0) is 0 Å². The van der Waals surface area contributed by atoms with Gasteiger partial charge in [0.1, 0.15) is 0 Å². The molecule has 1 aromatic rings. The summed E-state index contributed by atoms with van der Waals surface area (Å²) in [6.45, 7) is 3.94. The van der Waals surface area contributed by atoms with Crippen LogP contribution in [-0.4, -0.2) is 29.7 Å². The van der Waals surface area contributed by atoms with Crippen molar-refractivity contribution in [2.75, 3.05) is 13.1 Å². The van der Waals surface area contributed by atoms with Crippen molar-refractivity contribution in [3.8, 4) is 0 Å². The molecule has 2 rings (SSSR count). The zero-order chi connectivity index (χ0) is 12.8. The van der Waals surface area contributed by atoms with Gasteiger partial charge in [0, 0.05) is 13.1 Å². The first kappa shape index (κ1) is 12.6. The van der Waals surface area contributed by atoms with Gasteiger partial charge in [-0.15, -0.1) is 5.10 Å². The summed E-state index contributed by atoms with van der Waals surface area (Å²) in [6.07, 6.45) is 3.67. The Bertz CT molecular complexity index is 430. The van der Waals surface area contributed by atoms with Crippen LogP contribution in [0.4, 0.5) is 0 Å². The molecule has 0 unspecified atom stereocenters. The van der Waals surface area contributed by atoms with E-state index in [1.54, 1.807) is 0 Å². The molecule has 1 aromatic carbocycles. The second-order valence-electron chi connectivity index (χ2n) is 4.56. The van der Waals surface area contributed by atoms with Crippen LogP contribution in [0.3, 0.4) is 0 Å². The molecule has 0 aromatic heterocycles. The maximum atomic E-state index is 5.94. The lowest BCUT2D eigenvalue weighted by Gasteiger charge is -2.26. The van der Waals surface area contributed by atoms with E-state index in [2.05, 4.69) is 15.1 Å². The summed E-state index contributed by atoms with van der Waals surface area (Å²) in [5, 5.41) is 8.34. The Morgan fingerprint density at radius 3 is 2.39 bits per heavy atom. The van der Waals surface area contributed by atoms with Crippen LogP contribution in [0.25, 0.3) is 0 Å². The molecule has 4 heteroatoms. The highest BCUT2D eigenvalue weighted by Crippen LogP contribution is 2.08. The molecule has 0 atom stereocenters. The minimum absolute atomic E-state index is 0.532. The van der Waals surface area contributed by atoms with Crippen LogP contribution in [0.1, 0.15) is 31.7 Å². The lowest BCUT2D eigenvalue weighted by Crippen LogP contribution is -2.40. The van der Waals surface area contributed by atoms with Gasteiger partial charge in [-0.25, -0.2) is 0 Å². The van der Waals surface area contributed by atoms with E-state index in [1.165, 1.54) is 19.3 Å². The van der Waals surface area contributed by atoms with Crippen molar-refractivity contribution in [2.45, 2.75) is 26.2 Å². The number of guanidine groups is 1. The van der Waals surface area contributed by atoms with E-state index in [0.717, 1.165) is 24.4 Å². The third-order valence-electron chi connectivity index (χ3n) is 3.17. The Morgan fingerprint density at radius 2 is 1.72 bits per heavy atom. The lowest BCUT2D eigenvalue weighted by atomic mass is 10.1. The highest BCUT2D eigenvalue weighted by Gasteiger charge is 2.11. The van der Waals surface area contributed by atoms with Gasteiger partial charge in [0.05, 0.1) is 5.71 Å². The van der Waals surface area contributed by atoms with E-state index in [-0.39, 0.29) is 0 Å². The maximum absolute atomic E-state index is 5.94. The number of nitrogens with two attached hydrogens (primary N) is 1. The molecule has 0 saturated carbocycles. The fourth-order valence-corrected chi connectivity index (χ4v) is 2.05. The second kappa shape index (κ2) is 6.19. The zero-order valence-corrected chi connectivity index (χ0v) is 10.8. The third-order valence-corrected chi connectivity index (χ3v) is 3.17. The van der Waals surface area contributed by atoms with E-state index in [9.17, 15) is 0 Å². The van der Waals surface area contributed by atoms with Crippen LogP contribution in [0, 0.1) is 0 Å². The van der Waals surface area contributed by atoms with Crippen molar-refractivity contribution in [1.82, 2.24) is 4.90 Å². The molecule has 96 valence electrons. The topological polar surface area (TPSA) is 54.0 Å². The molecule has 1 saturated heterocycles. The largest absolute Gasteiger partial charge is 0.368 e.